The summed E-state index contributed by atoms with van der Waals surface area (Å²) in [5, 5.41) is 0. The molecule has 1 aromatic carbocycles. The summed E-state index contributed by atoms with van der Waals surface area (Å²) < 4.78 is 0. The lowest BCUT2D eigenvalue weighted by Gasteiger charge is -2.48. The van der Waals surface area contributed by atoms with E-state index in [1.165, 1.54) is 0 Å². The van der Waals surface area contributed by atoms with Crippen molar-refractivity contribution >= 4 is 11.8 Å². The number of benzene rings is 1. The minimum Gasteiger partial charge on any atom is -0.340 e. The first-order chi connectivity index (χ1) is 10.1. The zero-order valence-corrected chi connectivity index (χ0v) is 12.4. The Morgan fingerprint density at radius 2 is 1.57 bits per heavy atom. The number of amides is 2. The molecule has 0 atom stereocenters. The summed E-state index contributed by atoms with van der Waals surface area (Å²) in [7, 11) is 0. The van der Waals surface area contributed by atoms with E-state index in [2.05, 4.69) is 4.90 Å². The Morgan fingerprint density at radius 1 is 0.952 bits per heavy atom. The Bertz CT molecular complexity index is 518. The lowest BCUT2D eigenvalue weighted by molar-refractivity contribution is -0.131. The van der Waals surface area contributed by atoms with Crippen molar-refractivity contribution < 1.29 is 9.59 Å². The fourth-order valence-electron chi connectivity index (χ4n) is 3.02. The molecule has 0 aliphatic carbocycles. The molecule has 1 aromatic rings. The molecule has 0 bridgehead atoms. The van der Waals surface area contributed by atoms with Gasteiger partial charge >= 0.3 is 0 Å². The lowest BCUT2D eigenvalue weighted by Crippen LogP contribution is -2.64. The molecule has 0 N–H and O–H groups in total. The standard InChI is InChI=1S/C16H21N3O2/c1-13(20)17-7-9-18(10-8-17)15-11-19(12-15)16(21)14-5-3-2-4-6-14/h2-6,15H,7-12H2,1H3. The molecule has 0 radical (unpaired) electrons. The van der Waals surface area contributed by atoms with E-state index in [0.717, 1.165) is 44.8 Å². The number of carbonyl (C=O) groups is 2. The van der Waals surface area contributed by atoms with Gasteiger partial charge in [0, 0.05) is 57.8 Å². The van der Waals surface area contributed by atoms with Crippen LogP contribution in [0.2, 0.25) is 0 Å². The van der Waals surface area contributed by atoms with Crippen LogP contribution in [0.1, 0.15) is 17.3 Å². The van der Waals surface area contributed by atoms with Crippen molar-refractivity contribution in [2.24, 2.45) is 0 Å². The molecule has 5 nitrogen and oxygen atoms in total. The molecule has 2 amide bonds. The van der Waals surface area contributed by atoms with Crippen molar-refractivity contribution in [1.29, 1.82) is 0 Å². The van der Waals surface area contributed by atoms with Gasteiger partial charge in [0.25, 0.3) is 5.91 Å². The van der Waals surface area contributed by atoms with Crippen LogP contribution in [-0.2, 0) is 4.79 Å². The molecule has 2 saturated heterocycles. The van der Waals surface area contributed by atoms with E-state index >= 15 is 0 Å². The highest BCUT2D eigenvalue weighted by molar-refractivity contribution is 5.94. The summed E-state index contributed by atoms with van der Waals surface area (Å²) in [5.41, 5.74) is 0.761. The van der Waals surface area contributed by atoms with Crippen LogP contribution in [-0.4, -0.2) is 71.8 Å². The number of nitrogens with zero attached hydrogens (tertiary/aromatic N) is 3. The fourth-order valence-corrected chi connectivity index (χ4v) is 3.02. The molecule has 0 saturated carbocycles. The van der Waals surface area contributed by atoms with E-state index < -0.39 is 0 Å². The van der Waals surface area contributed by atoms with E-state index in [-0.39, 0.29) is 11.8 Å². The maximum atomic E-state index is 12.3. The summed E-state index contributed by atoms with van der Waals surface area (Å²) in [6.07, 6.45) is 0. The number of carbonyl (C=O) groups excluding carboxylic acids is 2. The van der Waals surface area contributed by atoms with E-state index in [0.29, 0.717) is 6.04 Å². The summed E-state index contributed by atoms with van der Waals surface area (Å²) in [5.74, 6) is 0.276. The molecule has 5 heteroatoms. The van der Waals surface area contributed by atoms with Gasteiger partial charge in [0.2, 0.25) is 5.91 Å². The lowest BCUT2D eigenvalue weighted by atomic mass is 10.0. The number of hydrogen-bond donors (Lipinski definition) is 0. The van der Waals surface area contributed by atoms with E-state index in [1.807, 2.05) is 40.1 Å². The molecule has 2 aliphatic rings. The van der Waals surface area contributed by atoms with E-state index in [4.69, 9.17) is 0 Å². The summed E-state index contributed by atoms with van der Waals surface area (Å²) in [4.78, 5) is 29.8. The summed E-state index contributed by atoms with van der Waals surface area (Å²) in [6.45, 7) is 6.66. The molecule has 2 fully saturated rings. The van der Waals surface area contributed by atoms with E-state index in [9.17, 15) is 9.59 Å². The second-order valence-electron chi connectivity index (χ2n) is 5.77. The highest BCUT2D eigenvalue weighted by atomic mass is 16.2. The van der Waals surface area contributed by atoms with Gasteiger partial charge in [0.15, 0.2) is 0 Å². The first-order valence-corrected chi connectivity index (χ1v) is 7.49. The van der Waals surface area contributed by atoms with Gasteiger partial charge in [-0.05, 0) is 12.1 Å². The molecular formula is C16H21N3O2. The topological polar surface area (TPSA) is 43.9 Å². The molecule has 21 heavy (non-hydrogen) atoms. The quantitative estimate of drug-likeness (QED) is 0.803. The third-order valence-electron chi connectivity index (χ3n) is 4.45. The van der Waals surface area contributed by atoms with E-state index in [1.54, 1.807) is 6.92 Å². The monoisotopic (exact) mass is 287 g/mol. The Hall–Kier alpha value is -1.88. The second-order valence-corrected chi connectivity index (χ2v) is 5.77. The smallest absolute Gasteiger partial charge is 0.253 e. The Kier molecular flexibility index (Phi) is 3.92. The highest BCUT2D eigenvalue weighted by Crippen LogP contribution is 2.19. The Labute approximate surface area is 125 Å². The van der Waals surface area contributed by atoms with Crippen LogP contribution in [0.15, 0.2) is 30.3 Å². The number of rotatable bonds is 2. The minimum atomic E-state index is 0.120. The van der Waals surface area contributed by atoms with Gasteiger partial charge < -0.3 is 9.80 Å². The second kappa shape index (κ2) is 5.85. The maximum absolute atomic E-state index is 12.3. The van der Waals surface area contributed by atoms with Crippen LogP contribution in [0.5, 0.6) is 0 Å². The fraction of sp³-hybridized carbons (Fsp3) is 0.500. The third kappa shape index (κ3) is 2.93. The predicted octanol–water partition coefficient (Wildman–Crippen LogP) is 0.675. The molecule has 3 rings (SSSR count). The van der Waals surface area contributed by atoms with Crippen molar-refractivity contribution in [3.8, 4) is 0 Å². The number of likely N-dealkylation sites (tertiary alicyclic amines) is 1. The van der Waals surface area contributed by atoms with Gasteiger partial charge in [-0.3, -0.25) is 14.5 Å². The SMILES string of the molecule is CC(=O)N1CCN(C2CN(C(=O)c3ccccc3)C2)CC1. The van der Waals surface area contributed by atoms with Crippen molar-refractivity contribution in [2.75, 3.05) is 39.3 Å². The maximum Gasteiger partial charge on any atom is 0.253 e. The normalized spacial score (nSPS) is 20.2. The third-order valence-corrected chi connectivity index (χ3v) is 4.45. The highest BCUT2D eigenvalue weighted by Gasteiger charge is 2.36. The first kappa shape index (κ1) is 14.1. The van der Waals surface area contributed by atoms with Crippen LogP contribution in [0.4, 0.5) is 0 Å². The molecule has 2 heterocycles. The Morgan fingerprint density at radius 3 is 2.14 bits per heavy atom. The largest absolute Gasteiger partial charge is 0.340 e. The molecule has 0 spiro atoms. The van der Waals surface area contributed by atoms with Crippen LogP contribution in [0.3, 0.4) is 0 Å². The van der Waals surface area contributed by atoms with Gasteiger partial charge in [0.1, 0.15) is 0 Å². The molecular weight excluding hydrogens is 266 g/mol. The van der Waals surface area contributed by atoms with Gasteiger partial charge in [-0.25, -0.2) is 0 Å². The predicted molar refractivity (Wildman–Crippen MR) is 80.0 cm³/mol. The van der Waals surface area contributed by atoms with Crippen molar-refractivity contribution in [3.05, 3.63) is 35.9 Å². The van der Waals surface area contributed by atoms with Crippen LogP contribution < -0.4 is 0 Å². The average molecular weight is 287 g/mol. The van der Waals surface area contributed by atoms with Gasteiger partial charge in [-0.15, -0.1) is 0 Å². The van der Waals surface area contributed by atoms with Crippen molar-refractivity contribution in [1.82, 2.24) is 14.7 Å². The number of piperazine rings is 1. The molecule has 0 unspecified atom stereocenters. The first-order valence-electron chi connectivity index (χ1n) is 7.49. The van der Waals surface area contributed by atoms with Crippen molar-refractivity contribution in [2.45, 2.75) is 13.0 Å². The Balaban J connectivity index is 1.48. The molecule has 2 aliphatic heterocycles. The molecule has 112 valence electrons. The number of hydrogen-bond acceptors (Lipinski definition) is 3. The minimum absolute atomic E-state index is 0.120. The molecule has 0 aromatic heterocycles. The van der Waals surface area contributed by atoms with Crippen molar-refractivity contribution in [3.63, 3.8) is 0 Å². The van der Waals surface area contributed by atoms with Gasteiger partial charge in [-0.2, -0.15) is 0 Å². The van der Waals surface area contributed by atoms with Crippen LogP contribution >= 0.6 is 0 Å². The van der Waals surface area contributed by atoms with Gasteiger partial charge in [-0.1, -0.05) is 18.2 Å². The summed E-state index contributed by atoms with van der Waals surface area (Å²) in [6, 6.07) is 9.88. The average Bonchev–Trinajstić information content (AvgIpc) is 2.47. The van der Waals surface area contributed by atoms with Crippen LogP contribution in [0.25, 0.3) is 0 Å². The van der Waals surface area contributed by atoms with Gasteiger partial charge in [0.05, 0.1) is 0 Å². The summed E-state index contributed by atoms with van der Waals surface area (Å²) >= 11 is 0. The zero-order valence-electron chi connectivity index (χ0n) is 12.4. The van der Waals surface area contributed by atoms with Crippen LogP contribution in [0, 0.1) is 0 Å². The zero-order chi connectivity index (χ0) is 14.8.